The Hall–Kier alpha value is -0.230. The van der Waals surface area contributed by atoms with E-state index in [1.807, 2.05) is 0 Å². The second-order valence-corrected chi connectivity index (χ2v) is 8.34. The normalized spacial score (nSPS) is 34.2. The first-order chi connectivity index (χ1) is 10.4. The first-order valence-electron chi connectivity index (χ1n) is 8.01. The van der Waals surface area contributed by atoms with Crippen molar-refractivity contribution in [3.8, 4) is 0 Å². The molecule has 1 aliphatic carbocycles. The van der Waals surface area contributed by atoms with Gasteiger partial charge in [-0.15, -0.1) is 0 Å². The molecule has 122 valence electrons. The van der Waals surface area contributed by atoms with Crippen LogP contribution in [-0.2, 0) is 10.2 Å². The molecule has 1 aliphatic heterocycles. The zero-order valence-corrected chi connectivity index (χ0v) is 15.3. The second-order valence-electron chi connectivity index (χ2n) is 7.58. The SMILES string of the molecule is CC1(C)CC(C2CC[C@@](CI)(c3ccc(F)cc3F)C2)CO1. The summed E-state index contributed by atoms with van der Waals surface area (Å²) in [6, 6.07) is 4.07. The number of rotatable bonds is 3. The van der Waals surface area contributed by atoms with E-state index in [2.05, 4.69) is 36.4 Å². The third-order valence-corrected chi connectivity index (χ3v) is 6.97. The summed E-state index contributed by atoms with van der Waals surface area (Å²) in [5.41, 5.74) is 0.529. The summed E-state index contributed by atoms with van der Waals surface area (Å²) in [4.78, 5) is 0. The predicted octanol–water partition coefficient (Wildman–Crippen LogP) is 5.25. The van der Waals surface area contributed by atoms with E-state index in [-0.39, 0.29) is 16.8 Å². The van der Waals surface area contributed by atoms with Crippen LogP contribution in [0.3, 0.4) is 0 Å². The van der Waals surface area contributed by atoms with Crippen LogP contribution >= 0.6 is 22.6 Å². The molecule has 3 atom stereocenters. The third-order valence-electron chi connectivity index (χ3n) is 5.51. The summed E-state index contributed by atoms with van der Waals surface area (Å²) in [5.74, 6) is 0.273. The van der Waals surface area contributed by atoms with Crippen molar-refractivity contribution in [2.75, 3.05) is 11.0 Å². The lowest BCUT2D eigenvalue weighted by molar-refractivity contribution is 0.0338. The molecule has 0 spiro atoms. The molecule has 2 aliphatic rings. The Morgan fingerprint density at radius 3 is 2.59 bits per heavy atom. The molecule has 1 heterocycles. The van der Waals surface area contributed by atoms with E-state index in [9.17, 15) is 8.78 Å². The zero-order valence-electron chi connectivity index (χ0n) is 13.2. The summed E-state index contributed by atoms with van der Waals surface area (Å²) in [5, 5.41) is 0. The van der Waals surface area contributed by atoms with E-state index in [0.29, 0.717) is 17.4 Å². The molecule has 0 bridgehead atoms. The highest BCUT2D eigenvalue weighted by atomic mass is 127. The van der Waals surface area contributed by atoms with Crippen LogP contribution in [-0.4, -0.2) is 16.6 Å². The summed E-state index contributed by atoms with van der Waals surface area (Å²) in [6.07, 6.45) is 4.17. The number of alkyl halides is 1. The molecule has 0 aromatic heterocycles. The van der Waals surface area contributed by atoms with Gasteiger partial charge in [0, 0.05) is 15.9 Å². The lowest BCUT2D eigenvalue weighted by Crippen LogP contribution is -2.27. The Balaban J connectivity index is 1.81. The maximum atomic E-state index is 14.3. The van der Waals surface area contributed by atoms with Crippen molar-refractivity contribution in [2.24, 2.45) is 11.8 Å². The number of ether oxygens (including phenoxy) is 1. The zero-order chi connectivity index (χ0) is 16.0. The van der Waals surface area contributed by atoms with E-state index in [1.165, 1.54) is 6.07 Å². The molecule has 0 amide bonds. The van der Waals surface area contributed by atoms with Gasteiger partial charge in [-0.05, 0) is 63.0 Å². The van der Waals surface area contributed by atoms with Crippen LogP contribution < -0.4 is 0 Å². The molecule has 3 rings (SSSR count). The number of halogens is 3. The maximum Gasteiger partial charge on any atom is 0.129 e. The van der Waals surface area contributed by atoms with Crippen molar-refractivity contribution < 1.29 is 13.5 Å². The minimum atomic E-state index is -0.495. The summed E-state index contributed by atoms with van der Waals surface area (Å²) in [6.45, 7) is 5.11. The third kappa shape index (κ3) is 3.05. The summed E-state index contributed by atoms with van der Waals surface area (Å²) in [7, 11) is 0. The highest BCUT2D eigenvalue weighted by molar-refractivity contribution is 14.1. The lowest BCUT2D eigenvalue weighted by Gasteiger charge is -2.29. The van der Waals surface area contributed by atoms with Gasteiger partial charge in [0.1, 0.15) is 11.6 Å². The van der Waals surface area contributed by atoms with Gasteiger partial charge in [0.2, 0.25) is 0 Å². The van der Waals surface area contributed by atoms with Crippen LogP contribution in [0.15, 0.2) is 18.2 Å². The van der Waals surface area contributed by atoms with Crippen LogP contribution in [0.5, 0.6) is 0 Å². The largest absolute Gasteiger partial charge is 0.375 e. The van der Waals surface area contributed by atoms with Crippen molar-refractivity contribution in [2.45, 2.75) is 50.5 Å². The van der Waals surface area contributed by atoms with Gasteiger partial charge in [-0.3, -0.25) is 0 Å². The molecule has 1 aromatic carbocycles. The van der Waals surface area contributed by atoms with Crippen molar-refractivity contribution in [3.63, 3.8) is 0 Å². The van der Waals surface area contributed by atoms with Crippen LogP contribution in [0.4, 0.5) is 8.78 Å². The van der Waals surface area contributed by atoms with E-state index in [1.54, 1.807) is 6.07 Å². The Kier molecular flexibility index (Phi) is 4.54. The van der Waals surface area contributed by atoms with Gasteiger partial charge < -0.3 is 4.74 Å². The molecule has 2 unspecified atom stereocenters. The number of hydrogen-bond donors (Lipinski definition) is 0. The molecule has 1 nitrogen and oxygen atoms in total. The molecule has 22 heavy (non-hydrogen) atoms. The molecule has 4 heteroatoms. The first kappa shape index (κ1) is 16.6. The fourth-order valence-corrected chi connectivity index (χ4v) is 5.42. The minimum absolute atomic E-state index is 0.0264. The molecular formula is C18H23F2IO. The van der Waals surface area contributed by atoms with Crippen LogP contribution in [0.2, 0.25) is 0 Å². The van der Waals surface area contributed by atoms with Gasteiger partial charge >= 0.3 is 0 Å². The van der Waals surface area contributed by atoms with Gasteiger partial charge in [0.25, 0.3) is 0 Å². The van der Waals surface area contributed by atoms with Crippen LogP contribution in [0.1, 0.15) is 45.1 Å². The van der Waals surface area contributed by atoms with Gasteiger partial charge in [0.05, 0.1) is 12.2 Å². The molecule has 1 saturated heterocycles. The first-order valence-corrected chi connectivity index (χ1v) is 9.53. The molecule has 1 saturated carbocycles. The van der Waals surface area contributed by atoms with Crippen molar-refractivity contribution >= 4 is 22.6 Å². The number of benzene rings is 1. The summed E-state index contributed by atoms with van der Waals surface area (Å²) >= 11 is 2.36. The molecule has 0 radical (unpaired) electrons. The highest BCUT2D eigenvalue weighted by Crippen LogP contribution is 2.51. The smallest absolute Gasteiger partial charge is 0.129 e. The van der Waals surface area contributed by atoms with E-state index >= 15 is 0 Å². The molecule has 1 aromatic rings. The highest BCUT2D eigenvalue weighted by Gasteiger charge is 2.46. The lowest BCUT2D eigenvalue weighted by atomic mass is 9.77. The average molecular weight is 420 g/mol. The Morgan fingerprint density at radius 2 is 2.00 bits per heavy atom. The molecule has 2 fully saturated rings. The average Bonchev–Trinajstić information content (AvgIpc) is 3.03. The van der Waals surface area contributed by atoms with Gasteiger partial charge in [-0.25, -0.2) is 8.78 Å². The van der Waals surface area contributed by atoms with E-state index < -0.39 is 5.82 Å². The van der Waals surface area contributed by atoms with E-state index in [0.717, 1.165) is 42.8 Å². The fraction of sp³-hybridized carbons (Fsp3) is 0.667. The Labute approximate surface area is 145 Å². The van der Waals surface area contributed by atoms with Gasteiger partial charge in [0.15, 0.2) is 0 Å². The molecular weight excluding hydrogens is 397 g/mol. The maximum absolute atomic E-state index is 14.3. The van der Waals surface area contributed by atoms with Crippen LogP contribution in [0, 0.1) is 23.5 Å². The van der Waals surface area contributed by atoms with Gasteiger partial charge in [-0.1, -0.05) is 28.7 Å². The quantitative estimate of drug-likeness (QED) is 0.479. The van der Waals surface area contributed by atoms with Crippen molar-refractivity contribution in [3.05, 3.63) is 35.4 Å². The van der Waals surface area contributed by atoms with Crippen molar-refractivity contribution in [1.82, 2.24) is 0 Å². The predicted molar refractivity (Wildman–Crippen MR) is 92.4 cm³/mol. The minimum Gasteiger partial charge on any atom is -0.375 e. The second kappa shape index (κ2) is 6.00. The number of hydrogen-bond acceptors (Lipinski definition) is 1. The Bertz CT molecular complexity index is 560. The standard InChI is InChI=1S/C18H23F2IO/c1-17(2)8-13(10-22-17)12-5-6-18(9-12,11-21)15-4-3-14(19)7-16(15)20/h3-4,7,12-13H,5-6,8-11H2,1-2H3/t12?,13?,18-/m1/s1. The summed E-state index contributed by atoms with van der Waals surface area (Å²) < 4.78 is 34.3. The monoisotopic (exact) mass is 420 g/mol. The van der Waals surface area contributed by atoms with Crippen LogP contribution in [0.25, 0.3) is 0 Å². The fourth-order valence-electron chi connectivity index (χ4n) is 4.31. The van der Waals surface area contributed by atoms with Gasteiger partial charge in [-0.2, -0.15) is 0 Å². The van der Waals surface area contributed by atoms with Crippen molar-refractivity contribution in [1.29, 1.82) is 0 Å². The Morgan fingerprint density at radius 1 is 1.23 bits per heavy atom. The molecule has 0 N–H and O–H groups in total. The topological polar surface area (TPSA) is 9.23 Å². The van der Waals surface area contributed by atoms with E-state index in [4.69, 9.17) is 4.74 Å².